The van der Waals surface area contributed by atoms with Crippen LogP contribution in [0.1, 0.15) is 52.1 Å². The van der Waals surface area contributed by atoms with Crippen molar-refractivity contribution < 1.29 is 5.11 Å². The molecule has 0 bridgehead atoms. The number of nitrogens with zero attached hydrogens (tertiary/aromatic N) is 1. The molecule has 1 aliphatic heterocycles. The molecule has 0 aromatic heterocycles. The molecule has 2 rings (SSSR count). The smallest absolute Gasteiger partial charge is 0.115 e. The summed E-state index contributed by atoms with van der Waals surface area (Å²) in [4.78, 5) is 2.61. The maximum absolute atomic E-state index is 9.41. The lowest BCUT2D eigenvalue weighted by Gasteiger charge is -2.30. The molecule has 19 heavy (non-hydrogen) atoms. The highest BCUT2D eigenvalue weighted by atomic mass is 16.3. The molecule has 106 valence electrons. The van der Waals surface area contributed by atoms with Crippen molar-refractivity contribution in [2.45, 2.75) is 46.6 Å². The summed E-state index contributed by atoms with van der Waals surface area (Å²) in [6.45, 7) is 11.7. The van der Waals surface area contributed by atoms with Crippen LogP contribution in [0.5, 0.6) is 5.75 Å². The van der Waals surface area contributed by atoms with Gasteiger partial charge in [0, 0.05) is 12.6 Å². The summed E-state index contributed by atoms with van der Waals surface area (Å²) in [6.07, 6.45) is 2.43. The van der Waals surface area contributed by atoms with Crippen molar-refractivity contribution in [1.29, 1.82) is 0 Å². The monoisotopic (exact) mass is 261 g/mol. The summed E-state index contributed by atoms with van der Waals surface area (Å²) < 4.78 is 0. The Labute approximate surface area is 117 Å². The second-order valence-corrected chi connectivity index (χ2v) is 6.86. The summed E-state index contributed by atoms with van der Waals surface area (Å²) >= 11 is 0. The van der Waals surface area contributed by atoms with E-state index >= 15 is 0 Å². The predicted molar refractivity (Wildman–Crippen MR) is 80.3 cm³/mol. The van der Waals surface area contributed by atoms with Gasteiger partial charge in [-0.3, -0.25) is 4.90 Å². The van der Waals surface area contributed by atoms with E-state index in [1.54, 1.807) is 12.1 Å². The van der Waals surface area contributed by atoms with E-state index in [4.69, 9.17) is 0 Å². The summed E-state index contributed by atoms with van der Waals surface area (Å²) in [5, 5.41) is 9.41. The number of hydrogen-bond donors (Lipinski definition) is 1. The van der Waals surface area contributed by atoms with Crippen LogP contribution in [-0.4, -0.2) is 23.1 Å². The van der Waals surface area contributed by atoms with Crippen LogP contribution in [0.3, 0.4) is 0 Å². The second kappa shape index (κ2) is 5.54. The van der Waals surface area contributed by atoms with E-state index < -0.39 is 0 Å². The number of rotatable bonds is 3. The van der Waals surface area contributed by atoms with Gasteiger partial charge in [0.1, 0.15) is 5.75 Å². The number of aromatic hydroxyl groups is 1. The third-order valence-corrected chi connectivity index (χ3v) is 4.55. The molecule has 1 saturated heterocycles. The van der Waals surface area contributed by atoms with Crippen LogP contribution >= 0.6 is 0 Å². The van der Waals surface area contributed by atoms with Gasteiger partial charge in [-0.15, -0.1) is 0 Å². The fourth-order valence-corrected chi connectivity index (χ4v) is 3.18. The second-order valence-electron chi connectivity index (χ2n) is 6.86. The molecular weight excluding hydrogens is 234 g/mol. The van der Waals surface area contributed by atoms with E-state index in [1.807, 2.05) is 0 Å². The van der Waals surface area contributed by atoms with E-state index in [-0.39, 0.29) is 0 Å². The van der Waals surface area contributed by atoms with Crippen molar-refractivity contribution >= 4 is 0 Å². The molecule has 1 aliphatic rings. The summed E-state index contributed by atoms with van der Waals surface area (Å²) in [7, 11) is 0. The largest absolute Gasteiger partial charge is 0.508 e. The lowest BCUT2D eigenvalue weighted by molar-refractivity contribution is 0.191. The molecule has 2 nitrogen and oxygen atoms in total. The lowest BCUT2D eigenvalue weighted by atomic mass is 9.80. The van der Waals surface area contributed by atoms with E-state index in [0.29, 0.717) is 17.2 Å². The zero-order chi connectivity index (χ0) is 14.0. The summed E-state index contributed by atoms with van der Waals surface area (Å²) in [5.41, 5.74) is 1.73. The molecule has 0 aliphatic carbocycles. The quantitative estimate of drug-likeness (QED) is 0.881. The highest BCUT2D eigenvalue weighted by Crippen LogP contribution is 2.38. The minimum atomic E-state index is 0.354. The van der Waals surface area contributed by atoms with Gasteiger partial charge in [0.05, 0.1) is 0 Å². The van der Waals surface area contributed by atoms with Gasteiger partial charge in [-0.1, -0.05) is 39.8 Å². The van der Waals surface area contributed by atoms with Crippen molar-refractivity contribution in [3.8, 4) is 5.75 Å². The lowest BCUT2D eigenvalue weighted by Crippen LogP contribution is -2.29. The maximum atomic E-state index is 9.41. The molecular formula is C17H27NO. The third kappa shape index (κ3) is 3.30. The molecule has 0 spiro atoms. The zero-order valence-electron chi connectivity index (χ0n) is 12.7. The molecule has 2 unspecified atom stereocenters. The maximum Gasteiger partial charge on any atom is 0.115 e. The van der Waals surface area contributed by atoms with Gasteiger partial charge in [-0.25, -0.2) is 0 Å². The van der Waals surface area contributed by atoms with Crippen molar-refractivity contribution in [3.63, 3.8) is 0 Å². The Bertz CT molecular complexity index is 404. The fourth-order valence-electron chi connectivity index (χ4n) is 3.18. The van der Waals surface area contributed by atoms with Crippen LogP contribution in [-0.2, 0) is 0 Å². The normalized spacial score (nSPS) is 22.6. The van der Waals surface area contributed by atoms with Gasteiger partial charge in [0.15, 0.2) is 0 Å². The number of likely N-dealkylation sites (tertiary alicyclic amines) is 1. The van der Waals surface area contributed by atoms with Gasteiger partial charge in [0.25, 0.3) is 0 Å². The van der Waals surface area contributed by atoms with Crippen molar-refractivity contribution in [2.75, 3.05) is 13.1 Å². The van der Waals surface area contributed by atoms with Crippen LogP contribution in [0, 0.1) is 11.3 Å². The topological polar surface area (TPSA) is 23.5 Å². The molecule has 0 radical (unpaired) electrons. The van der Waals surface area contributed by atoms with Gasteiger partial charge >= 0.3 is 0 Å². The number of phenolic OH excluding ortho intramolecular Hbond substituents is 1. The van der Waals surface area contributed by atoms with Crippen molar-refractivity contribution in [3.05, 3.63) is 29.8 Å². The first-order valence-electron chi connectivity index (χ1n) is 7.44. The Morgan fingerprint density at radius 2 is 1.89 bits per heavy atom. The van der Waals surface area contributed by atoms with Gasteiger partial charge in [-0.2, -0.15) is 0 Å². The molecule has 0 saturated carbocycles. The molecule has 1 fully saturated rings. The van der Waals surface area contributed by atoms with Crippen LogP contribution in [0.25, 0.3) is 0 Å². The van der Waals surface area contributed by atoms with E-state index in [0.717, 1.165) is 12.3 Å². The average Bonchev–Trinajstić information content (AvgIpc) is 2.82. The average molecular weight is 261 g/mol. The Hall–Kier alpha value is -1.02. The third-order valence-electron chi connectivity index (χ3n) is 4.55. The molecule has 2 heteroatoms. The van der Waals surface area contributed by atoms with Crippen LogP contribution in [0.2, 0.25) is 0 Å². The van der Waals surface area contributed by atoms with Crippen molar-refractivity contribution in [1.82, 2.24) is 4.90 Å². The van der Waals surface area contributed by atoms with Crippen LogP contribution < -0.4 is 0 Å². The van der Waals surface area contributed by atoms with Crippen LogP contribution in [0.15, 0.2) is 24.3 Å². The minimum Gasteiger partial charge on any atom is -0.508 e. The highest BCUT2D eigenvalue weighted by molar-refractivity contribution is 5.28. The SMILES string of the molecule is CCC(c1ccc(O)cc1)N1CCC(C(C)(C)C)C1. The van der Waals surface area contributed by atoms with E-state index in [1.165, 1.54) is 25.1 Å². The first kappa shape index (κ1) is 14.4. The van der Waals surface area contributed by atoms with E-state index in [2.05, 4.69) is 44.7 Å². The highest BCUT2D eigenvalue weighted by Gasteiger charge is 2.34. The molecule has 2 atom stereocenters. The zero-order valence-corrected chi connectivity index (χ0v) is 12.7. The molecule has 1 aromatic carbocycles. The number of phenols is 1. The Kier molecular flexibility index (Phi) is 4.19. The van der Waals surface area contributed by atoms with Gasteiger partial charge in [0.2, 0.25) is 0 Å². The standard InChI is InChI=1S/C17H27NO/c1-5-16(13-6-8-15(19)9-7-13)18-11-10-14(12-18)17(2,3)4/h6-9,14,16,19H,5,10-12H2,1-4H3. The van der Waals surface area contributed by atoms with Gasteiger partial charge in [-0.05, 0) is 48.4 Å². The summed E-state index contributed by atoms with van der Waals surface area (Å²) in [6, 6.07) is 8.22. The molecule has 0 amide bonds. The predicted octanol–water partition coefficient (Wildman–Crippen LogP) is 4.21. The van der Waals surface area contributed by atoms with Gasteiger partial charge < -0.3 is 5.11 Å². The molecule has 1 heterocycles. The molecule has 1 aromatic rings. The number of benzene rings is 1. The Morgan fingerprint density at radius 1 is 1.26 bits per heavy atom. The first-order chi connectivity index (χ1) is 8.91. The van der Waals surface area contributed by atoms with E-state index in [9.17, 15) is 5.11 Å². The van der Waals surface area contributed by atoms with Crippen molar-refractivity contribution in [2.24, 2.45) is 11.3 Å². The summed E-state index contributed by atoms with van der Waals surface area (Å²) in [5.74, 6) is 1.14. The number of hydrogen-bond acceptors (Lipinski definition) is 2. The Balaban J connectivity index is 2.09. The Morgan fingerprint density at radius 3 is 2.37 bits per heavy atom. The molecule has 1 N–H and O–H groups in total. The minimum absolute atomic E-state index is 0.354. The van der Waals surface area contributed by atoms with Crippen LogP contribution in [0.4, 0.5) is 0 Å². The fraction of sp³-hybridized carbons (Fsp3) is 0.647. The first-order valence-corrected chi connectivity index (χ1v) is 7.44.